The Morgan fingerprint density at radius 1 is 1.23 bits per heavy atom. The smallest absolute Gasteiger partial charge is 0.239 e. The van der Waals surface area contributed by atoms with Crippen molar-refractivity contribution < 1.29 is 4.79 Å². The molecule has 0 aliphatic heterocycles. The van der Waals surface area contributed by atoms with Crippen LogP contribution in [0.2, 0.25) is 0 Å². The Morgan fingerprint density at radius 2 is 2.00 bits per heavy atom. The topological polar surface area (TPSA) is 83.3 Å². The van der Waals surface area contributed by atoms with Crippen molar-refractivity contribution in [3.05, 3.63) is 48.3 Å². The van der Waals surface area contributed by atoms with Gasteiger partial charge in [-0.05, 0) is 44.5 Å². The van der Waals surface area contributed by atoms with Gasteiger partial charge in [-0.3, -0.25) is 9.79 Å². The minimum Gasteiger partial charge on any atom is -0.352 e. The summed E-state index contributed by atoms with van der Waals surface area (Å²) in [5.41, 5.74) is 1.84. The third-order valence-electron chi connectivity index (χ3n) is 3.29. The summed E-state index contributed by atoms with van der Waals surface area (Å²) >= 11 is 0. The summed E-state index contributed by atoms with van der Waals surface area (Å²) in [6, 6.07) is 9.96. The minimum atomic E-state index is -0.247. The maximum absolute atomic E-state index is 11.9. The summed E-state index contributed by atoms with van der Waals surface area (Å²) < 4.78 is 1.81. The molecule has 0 bridgehead atoms. The van der Waals surface area contributed by atoms with Crippen molar-refractivity contribution in [3.8, 4) is 5.69 Å². The van der Waals surface area contributed by atoms with E-state index in [0.717, 1.165) is 11.3 Å². The first-order chi connectivity index (χ1) is 11.9. The van der Waals surface area contributed by atoms with E-state index in [9.17, 15) is 4.79 Å². The van der Waals surface area contributed by atoms with Gasteiger partial charge in [-0.1, -0.05) is 12.1 Å². The lowest BCUT2D eigenvalue weighted by Crippen LogP contribution is -2.48. The quantitative estimate of drug-likeness (QED) is 0.355. The van der Waals surface area contributed by atoms with Crippen LogP contribution in [0.25, 0.3) is 5.69 Å². The minimum absolute atomic E-state index is 0. The predicted octanol–water partition coefficient (Wildman–Crippen LogP) is 2.07. The number of guanidine groups is 1. The molecule has 0 atom stereocenters. The van der Waals surface area contributed by atoms with E-state index >= 15 is 0 Å². The summed E-state index contributed by atoms with van der Waals surface area (Å²) in [6.07, 6.45) is 3.65. The van der Waals surface area contributed by atoms with Gasteiger partial charge in [0.2, 0.25) is 5.91 Å². The van der Waals surface area contributed by atoms with E-state index in [0.29, 0.717) is 12.5 Å². The SMILES string of the molecule is CN=C(NCC(=O)NC(C)(C)C)NCc1cccc(-n2cccn2)c1.I. The molecule has 0 aliphatic carbocycles. The molecule has 8 heteroatoms. The van der Waals surface area contributed by atoms with Gasteiger partial charge in [0.15, 0.2) is 5.96 Å². The third kappa shape index (κ3) is 7.42. The van der Waals surface area contributed by atoms with Crippen LogP contribution in [0.4, 0.5) is 0 Å². The van der Waals surface area contributed by atoms with Crippen molar-refractivity contribution in [1.82, 2.24) is 25.7 Å². The van der Waals surface area contributed by atoms with E-state index in [-0.39, 0.29) is 42.0 Å². The highest BCUT2D eigenvalue weighted by molar-refractivity contribution is 14.0. The molecule has 7 nitrogen and oxygen atoms in total. The number of benzene rings is 1. The average molecular weight is 470 g/mol. The van der Waals surface area contributed by atoms with Gasteiger partial charge in [-0.2, -0.15) is 5.10 Å². The molecular weight excluding hydrogens is 443 g/mol. The number of halogens is 1. The highest BCUT2D eigenvalue weighted by atomic mass is 127. The molecule has 0 saturated carbocycles. The monoisotopic (exact) mass is 470 g/mol. The van der Waals surface area contributed by atoms with Gasteiger partial charge in [0, 0.05) is 31.5 Å². The number of aliphatic imine (C=N–C) groups is 1. The number of rotatable bonds is 5. The molecule has 0 unspecified atom stereocenters. The van der Waals surface area contributed by atoms with Gasteiger partial charge in [0.25, 0.3) is 0 Å². The number of nitrogens with one attached hydrogen (secondary N) is 3. The molecule has 2 rings (SSSR count). The summed E-state index contributed by atoms with van der Waals surface area (Å²) in [4.78, 5) is 16.0. The zero-order chi connectivity index (χ0) is 18.3. The Balaban J connectivity index is 0.00000338. The average Bonchev–Trinajstić information content (AvgIpc) is 3.08. The van der Waals surface area contributed by atoms with Crippen molar-refractivity contribution in [2.75, 3.05) is 13.6 Å². The number of amides is 1. The van der Waals surface area contributed by atoms with E-state index in [1.54, 1.807) is 13.2 Å². The highest BCUT2D eigenvalue weighted by Gasteiger charge is 2.13. The fraction of sp³-hybridized carbons (Fsp3) is 0.389. The molecule has 0 spiro atoms. The Kier molecular flexibility index (Phi) is 8.56. The van der Waals surface area contributed by atoms with Crippen LogP contribution in [0.15, 0.2) is 47.7 Å². The second-order valence-electron chi connectivity index (χ2n) is 6.70. The molecule has 26 heavy (non-hydrogen) atoms. The van der Waals surface area contributed by atoms with Gasteiger partial charge < -0.3 is 16.0 Å². The van der Waals surface area contributed by atoms with Gasteiger partial charge in [-0.25, -0.2) is 4.68 Å². The standard InChI is InChI=1S/C18H26N6O.HI/c1-18(2,3)23-16(25)13-21-17(19-4)20-12-14-7-5-8-15(11-14)24-10-6-9-22-24;/h5-11H,12-13H2,1-4H3,(H,23,25)(H2,19,20,21);1H. The van der Waals surface area contributed by atoms with Crippen molar-refractivity contribution in [2.24, 2.45) is 4.99 Å². The molecule has 0 radical (unpaired) electrons. The number of aromatic nitrogens is 2. The third-order valence-corrected chi connectivity index (χ3v) is 3.29. The van der Waals surface area contributed by atoms with Gasteiger partial charge in [0.05, 0.1) is 12.2 Å². The molecule has 1 aromatic heterocycles. The van der Waals surface area contributed by atoms with Crippen LogP contribution in [0.3, 0.4) is 0 Å². The second-order valence-corrected chi connectivity index (χ2v) is 6.70. The lowest BCUT2D eigenvalue weighted by atomic mass is 10.1. The molecular formula is C18H27IN6O. The van der Waals surface area contributed by atoms with Crippen molar-refractivity contribution >= 4 is 35.8 Å². The molecule has 0 fully saturated rings. The number of nitrogens with zero attached hydrogens (tertiary/aromatic N) is 3. The Hall–Kier alpha value is -2.10. The summed E-state index contributed by atoms with van der Waals surface area (Å²) in [7, 11) is 1.68. The molecule has 1 aromatic carbocycles. The summed E-state index contributed by atoms with van der Waals surface area (Å²) in [5.74, 6) is 0.504. The predicted molar refractivity (Wildman–Crippen MR) is 115 cm³/mol. The van der Waals surface area contributed by atoms with Crippen LogP contribution >= 0.6 is 24.0 Å². The van der Waals surface area contributed by atoms with Crippen LogP contribution in [0.1, 0.15) is 26.3 Å². The van der Waals surface area contributed by atoms with Crippen LogP contribution < -0.4 is 16.0 Å². The van der Waals surface area contributed by atoms with E-state index < -0.39 is 0 Å². The van der Waals surface area contributed by atoms with Crippen molar-refractivity contribution in [1.29, 1.82) is 0 Å². The van der Waals surface area contributed by atoms with Crippen molar-refractivity contribution in [2.45, 2.75) is 32.9 Å². The lowest BCUT2D eigenvalue weighted by Gasteiger charge is -2.21. The summed E-state index contributed by atoms with van der Waals surface area (Å²) in [5, 5.41) is 13.4. The Morgan fingerprint density at radius 3 is 2.62 bits per heavy atom. The molecule has 1 heterocycles. The fourth-order valence-corrected chi connectivity index (χ4v) is 2.26. The molecule has 1 amide bonds. The van der Waals surface area contributed by atoms with Crippen LogP contribution in [-0.2, 0) is 11.3 Å². The van der Waals surface area contributed by atoms with Gasteiger partial charge in [-0.15, -0.1) is 24.0 Å². The van der Waals surface area contributed by atoms with E-state index in [1.165, 1.54) is 0 Å². The largest absolute Gasteiger partial charge is 0.352 e. The van der Waals surface area contributed by atoms with Gasteiger partial charge >= 0.3 is 0 Å². The van der Waals surface area contributed by atoms with Crippen LogP contribution in [0.5, 0.6) is 0 Å². The number of carbonyl (C=O) groups is 1. The van der Waals surface area contributed by atoms with Crippen molar-refractivity contribution in [3.63, 3.8) is 0 Å². The summed E-state index contributed by atoms with van der Waals surface area (Å²) in [6.45, 7) is 6.61. The van der Waals surface area contributed by atoms with Gasteiger partial charge in [0.1, 0.15) is 0 Å². The molecule has 3 N–H and O–H groups in total. The van der Waals surface area contributed by atoms with Crippen LogP contribution in [0, 0.1) is 0 Å². The first kappa shape index (κ1) is 21.9. The number of carbonyl (C=O) groups excluding carboxylic acids is 1. The molecule has 142 valence electrons. The second kappa shape index (κ2) is 10.1. The van der Waals surface area contributed by atoms with E-state index in [4.69, 9.17) is 0 Å². The highest BCUT2D eigenvalue weighted by Crippen LogP contribution is 2.09. The zero-order valence-electron chi connectivity index (χ0n) is 15.6. The van der Waals surface area contributed by atoms with Crippen LogP contribution in [-0.4, -0.2) is 40.8 Å². The number of hydrogen-bond donors (Lipinski definition) is 3. The van der Waals surface area contributed by atoms with E-state index in [2.05, 4.69) is 32.1 Å². The lowest BCUT2D eigenvalue weighted by molar-refractivity contribution is -0.121. The first-order valence-electron chi connectivity index (χ1n) is 8.22. The fourth-order valence-electron chi connectivity index (χ4n) is 2.26. The number of hydrogen-bond acceptors (Lipinski definition) is 3. The first-order valence-corrected chi connectivity index (χ1v) is 8.22. The maximum Gasteiger partial charge on any atom is 0.239 e. The molecule has 0 aliphatic rings. The Bertz CT molecular complexity index is 722. The molecule has 2 aromatic rings. The van der Waals surface area contributed by atoms with E-state index in [1.807, 2.05) is 55.9 Å². The Labute approximate surface area is 171 Å². The zero-order valence-corrected chi connectivity index (χ0v) is 17.9. The molecule has 0 saturated heterocycles. The maximum atomic E-state index is 11.9. The normalized spacial score (nSPS) is 11.5.